The molecule has 1 aromatic rings. The monoisotopic (exact) mass is 259 g/mol. The van der Waals surface area contributed by atoms with Crippen molar-refractivity contribution in [1.29, 1.82) is 0 Å². The number of hydrogen-bond donors (Lipinski definition) is 3. The molecule has 1 rings (SSSR count). The Kier molecular flexibility index (Phi) is 4.47. The molecule has 0 unspecified atom stereocenters. The third kappa shape index (κ3) is 3.18. The zero-order valence-electron chi connectivity index (χ0n) is 9.34. The fourth-order valence-electron chi connectivity index (χ4n) is 1.22. The van der Waals surface area contributed by atoms with E-state index in [0.717, 1.165) is 11.3 Å². The summed E-state index contributed by atoms with van der Waals surface area (Å²) in [6.45, 7) is 1.30. The highest BCUT2D eigenvalue weighted by Crippen LogP contribution is 2.24. The van der Waals surface area contributed by atoms with Crippen LogP contribution in [0.2, 0.25) is 0 Å². The summed E-state index contributed by atoms with van der Waals surface area (Å²) in [5.74, 6) is -1.49. The number of aliphatic carboxylic acids is 1. The van der Waals surface area contributed by atoms with E-state index in [0.29, 0.717) is 5.75 Å². The van der Waals surface area contributed by atoms with Gasteiger partial charge in [0.2, 0.25) is 0 Å². The molecule has 0 aliphatic rings. The van der Waals surface area contributed by atoms with E-state index in [1.165, 1.54) is 14.0 Å². The number of ether oxygens (including phenoxy) is 1. The van der Waals surface area contributed by atoms with Crippen LogP contribution < -0.4 is 10.1 Å². The average Bonchev–Trinajstić information content (AvgIpc) is 2.72. The normalized spacial score (nSPS) is 13.8. The van der Waals surface area contributed by atoms with E-state index in [4.69, 9.17) is 9.84 Å². The van der Waals surface area contributed by atoms with E-state index in [1.807, 2.05) is 0 Å². The van der Waals surface area contributed by atoms with Gasteiger partial charge in [-0.1, -0.05) is 0 Å². The number of carbonyl (C=O) groups excluding carboxylic acids is 1. The molecule has 0 spiro atoms. The van der Waals surface area contributed by atoms with Gasteiger partial charge in [-0.2, -0.15) is 0 Å². The first kappa shape index (κ1) is 13.5. The smallest absolute Gasteiger partial charge is 0.328 e. The molecule has 0 fully saturated rings. The number of carboxylic acids is 1. The maximum Gasteiger partial charge on any atom is 0.328 e. The largest absolute Gasteiger partial charge is 0.495 e. The second-order valence-corrected chi connectivity index (χ2v) is 4.26. The number of thiophene rings is 1. The Bertz CT molecular complexity index is 415. The van der Waals surface area contributed by atoms with Crippen molar-refractivity contribution in [3.63, 3.8) is 0 Å². The molecule has 7 heteroatoms. The van der Waals surface area contributed by atoms with Gasteiger partial charge < -0.3 is 20.3 Å². The van der Waals surface area contributed by atoms with Crippen LogP contribution >= 0.6 is 11.3 Å². The van der Waals surface area contributed by atoms with Gasteiger partial charge in [0, 0.05) is 0 Å². The molecule has 6 nitrogen and oxygen atoms in total. The number of carboxylic acid groups (broad SMARTS) is 1. The second-order valence-electron chi connectivity index (χ2n) is 3.35. The summed E-state index contributed by atoms with van der Waals surface area (Å²) in [4.78, 5) is 22.8. The van der Waals surface area contributed by atoms with Crippen LogP contribution in [0.25, 0.3) is 0 Å². The molecule has 17 heavy (non-hydrogen) atoms. The second kappa shape index (κ2) is 5.65. The maximum atomic E-state index is 11.7. The highest BCUT2D eigenvalue weighted by atomic mass is 32.1. The number of aliphatic hydroxyl groups is 1. The summed E-state index contributed by atoms with van der Waals surface area (Å²) in [6, 6.07) is 0.270. The molecule has 1 aromatic heterocycles. The Balaban J connectivity index is 2.81. The summed E-state index contributed by atoms with van der Waals surface area (Å²) in [6.07, 6.45) is -1.18. The number of aliphatic hydroxyl groups excluding tert-OH is 1. The number of amides is 1. The molecule has 1 amide bonds. The van der Waals surface area contributed by atoms with Crippen LogP contribution in [-0.2, 0) is 4.79 Å². The van der Waals surface area contributed by atoms with Gasteiger partial charge >= 0.3 is 5.97 Å². The molecule has 3 N–H and O–H groups in total. The van der Waals surface area contributed by atoms with E-state index in [2.05, 4.69) is 5.32 Å². The van der Waals surface area contributed by atoms with Gasteiger partial charge in [0.25, 0.3) is 5.91 Å². The fraction of sp³-hybridized carbons (Fsp3) is 0.400. The molecule has 0 aromatic carbocycles. The molecule has 0 radical (unpaired) electrons. The number of hydrogen-bond acceptors (Lipinski definition) is 5. The molecule has 0 aliphatic heterocycles. The molecule has 1 heterocycles. The van der Waals surface area contributed by atoms with Crippen LogP contribution in [0.5, 0.6) is 5.75 Å². The number of rotatable bonds is 5. The van der Waals surface area contributed by atoms with Crippen LogP contribution in [-0.4, -0.2) is 41.3 Å². The zero-order chi connectivity index (χ0) is 13.0. The van der Waals surface area contributed by atoms with Crippen LogP contribution in [0.15, 0.2) is 11.4 Å². The summed E-state index contributed by atoms with van der Waals surface area (Å²) in [5.41, 5.74) is 0. The van der Waals surface area contributed by atoms with E-state index >= 15 is 0 Å². The van der Waals surface area contributed by atoms with Crippen molar-refractivity contribution in [1.82, 2.24) is 5.32 Å². The van der Waals surface area contributed by atoms with E-state index in [-0.39, 0.29) is 4.88 Å². The minimum atomic E-state index is -1.34. The van der Waals surface area contributed by atoms with E-state index in [9.17, 15) is 14.7 Å². The van der Waals surface area contributed by atoms with Gasteiger partial charge in [-0.15, -0.1) is 11.3 Å². The van der Waals surface area contributed by atoms with Gasteiger partial charge in [0.05, 0.1) is 13.2 Å². The van der Waals surface area contributed by atoms with Crippen LogP contribution in [0.4, 0.5) is 0 Å². The average molecular weight is 259 g/mol. The van der Waals surface area contributed by atoms with Crippen LogP contribution in [0, 0.1) is 0 Å². The Hall–Kier alpha value is -1.60. The third-order valence-corrected chi connectivity index (χ3v) is 2.98. The van der Waals surface area contributed by atoms with Gasteiger partial charge in [-0.25, -0.2) is 4.79 Å². The lowest BCUT2D eigenvalue weighted by Gasteiger charge is -2.16. The third-order valence-electron chi connectivity index (χ3n) is 2.09. The highest BCUT2D eigenvalue weighted by Gasteiger charge is 2.26. The van der Waals surface area contributed by atoms with Crippen molar-refractivity contribution in [3.8, 4) is 5.75 Å². The van der Waals surface area contributed by atoms with Crippen LogP contribution in [0.1, 0.15) is 16.6 Å². The zero-order valence-corrected chi connectivity index (χ0v) is 10.2. The standard InChI is InChI=1S/C10H13NO5S/c1-5(12)7(10(14)15)11-9(13)8-6(16-2)3-4-17-8/h3-5,7,12H,1-2H3,(H,11,13)(H,14,15)/t5-,7+/m1/s1. The minimum absolute atomic E-state index is 0.277. The Labute approximate surface area is 102 Å². The Morgan fingerprint density at radius 2 is 2.18 bits per heavy atom. The predicted octanol–water partition coefficient (Wildman–Crippen LogP) is 0.321. The van der Waals surface area contributed by atoms with Gasteiger partial charge in [-0.05, 0) is 18.4 Å². The first-order valence-corrected chi connectivity index (χ1v) is 5.68. The van der Waals surface area contributed by atoms with Crippen molar-refractivity contribution >= 4 is 23.2 Å². The number of nitrogens with one attached hydrogen (secondary N) is 1. The van der Waals surface area contributed by atoms with E-state index < -0.39 is 24.0 Å². The molecular formula is C10H13NO5S. The highest BCUT2D eigenvalue weighted by molar-refractivity contribution is 7.12. The summed E-state index contributed by atoms with van der Waals surface area (Å²) in [5, 5.41) is 21.9. The molecule has 2 atom stereocenters. The maximum absolute atomic E-state index is 11.7. The predicted molar refractivity (Wildman–Crippen MR) is 61.4 cm³/mol. The lowest BCUT2D eigenvalue weighted by molar-refractivity contribution is -0.141. The lowest BCUT2D eigenvalue weighted by atomic mass is 10.2. The topological polar surface area (TPSA) is 95.9 Å². The van der Waals surface area contributed by atoms with E-state index in [1.54, 1.807) is 11.4 Å². The molecule has 0 saturated heterocycles. The lowest BCUT2D eigenvalue weighted by Crippen LogP contribution is -2.47. The van der Waals surface area contributed by atoms with Crippen molar-refractivity contribution in [2.24, 2.45) is 0 Å². The fourth-order valence-corrected chi connectivity index (χ4v) is 1.98. The molecule has 94 valence electrons. The number of carbonyl (C=O) groups is 2. The van der Waals surface area contributed by atoms with Gasteiger partial charge in [0.15, 0.2) is 6.04 Å². The van der Waals surface area contributed by atoms with Crippen molar-refractivity contribution in [2.45, 2.75) is 19.1 Å². The van der Waals surface area contributed by atoms with Crippen LogP contribution in [0.3, 0.4) is 0 Å². The summed E-state index contributed by atoms with van der Waals surface area (Å²) in [7, 11) is 1.42. The quantitative estimate of drug-likeness (QED) is 0.707. The van der Waals surface area contributed by atoms with Crippen molar-refractivity contribution < 1.29 is 24.5 Å². The molecular weight excluding hydrogens is 246 g/mol. The Morgan fingerprint density at radius 3 is 2.65 bits per heavy atom. The first-order chi connectivity index (χ1) is 7.97. The van der Waals surface area contributed by atoms with Gasteiger partial charge in [-0.3, -0.25) is 4.79 Å². The SMILES string of the molecule is COc1ccsc1C(=O)N[C@H](C(=O)O)[C@@H](C)O. The molecule has 0 bridgehead atoms. The molecule has 0 aliphatic carbocycles. The minimum Gasteiger partial charge on any atom is -0.495 e. The number of methoxy groups -OCH3 is 1. The van der Waals surface area contributed by atoms with Gasteiger partial charge in [0.1, 0.15) is 10.6 Å². The first-order valence-electron chi connectivity index (χ1n) is 4.80. The Morgan fingerprint density at radius 1 is 1.53 bits per heavy atom. The summed E-state index contributed by atoms with van der Waals surface area (Å²) < 4.78 is 4.95. The van der Waals surface area contributed by atoms with Crippen molar-refractivity contribution in [3.05, 3.63) is 16.3 Å². The molecule has 0 saturated carbocycles. The summed E-state index contributed by atoms with van der Waals surface area (Å²) >= 11 is 1.14. The van der Waals surface area contributed by atoms with Crippen molar-refractivity contribution in [2.75, 3.05) is 7.11 Å².